The molecular formula is C14H16N2O2. The van der Waals surface area contributed by atoms with Crippen LogP contribution in [0.3, 0.4) is 0 Å². The molecule has 0 bridgehead atoms. The molecule has 4 nitrogen and oxygen atoms in total. The van der Waals surface area contributed by atoms with Crippen LogP contribution < -0.4 is 11.1 Å². The largest absolute Gasteiger partial charge is 0.366 e. The predicted molar refractivity (Wildman–Crippen MR) is 70.1 cm³/mol. The van der Waals surface area contributed by atoms with Crippen molar-refractivity contribution in [2.24, 2.45) is 11.7 Å². The van der Waals surface area contributed by atoms with Gasteiger partial charge in [0.1, 0.15) is 0 Å². The van der Waals surface area contributed by atoms with Gasteiger partial charge in [-0.05, 0) is 31.4 Å². The van der Waals surface area contributed by atoms with Crippen LogP contribution in [0.15, 0.2) is 36.4 Å². The summed E-state index contributed by atoms with van der Waals surface area (Å²) in [7, 11) is 0. The molecule has 0 heterocycles. The minimum Gasteiger partial charge on any atom is -0.366 e. The number of amides is 2. The lowest BCUT2D eigenvalue weighted by molar-refractivity contribution is -0.120. The van der Waals surface area contributed by atoms with E-state index in [4.69, 9.17) is 5.73 Å². The van der Waals surface area contributed by atoms with Crippen molar-refractivity contribution in [3.05, 3.63) is 42.0 Å². The highest BCUT2D eigenvalue weighted by molar-refractivity contribution is 6.03. The molecule has 1 aliphatic carbocycles. The lowest BCUT2D eigenvalue weighted by atomic mass is 9.93. The minimum absolute atomic E-state index is 0.0177. The van der Waals surface area contributed by atoms with Gasteiger partial charge in [-0.15, -0.1) is 0 Å². The fourth-order valence-corrected chi connectivity index (χ4v) is 2.07. The lowest BCUT2D eigenvalue weighted by Gasteiger charge is -2.18. The Morgan fingerprint density at radius 1 is 1.22 bits per heavy atom. The van der Waals surface area contributed by atoms with Crippen molar-refractivity contribution >= 4 is 17.5 Å². The summed E-state index contributed by atoms with van der Waals surface area (Å²) in [4.78, 5) is 23.3. The summed E-state index contributed by atoms with van der Waals surface area (Å²) in [5.74, 6) is -0.599. The van der Waals surface area contributed by atoms with Crippen LogP contribution in [0.2, 0.25) is 0 Å². The Labute approximate surface area is 106 Å². The maximum Gasteiger partial charge on any atom is 0.250 e. The molecule has 1 aromatic rings. The highest BCUT2D eigenvalue weighted by Gasteiger charge is 2.20. The second-order valence-corrected chi connectivity index (χ2v) is 4.38. The second kappa shape index (κ2) is 5.49. The van der Waals surface area contributed by atoms with Gasteiger partial charge >= 0.3 is 0 Å². The molecule has 0 saturated carbocycles. The molecular weight excluding hydrogens is 228 g/mol. The topological polar surface area (TPSA) is 72.2 Å². The van der Waals surface area contributed by atoms with Crippen LogP contribution in [0.5, 0.6) is 0 Å². The fraction of sp³-hybridized carbons (Fsp3) is 0.286. The third-order valence-corrected chi connectivity index (χ3v) is 3.09. The second-order valence-electron chi connectivity index (χ2n) is 4.38. The number of primary amides is 1. The Balaban J connectivity index is 2.11. The summed E-state index contributed by atoms with van der Waals surface area (Å²) in [5, 5.41) is 2.79. The minimum atomic E-state index is -0.533. The van der Waals surface area contributed by atoms with Crippen molar-refractivity contribution in [2.75, 3.05) is 5.32 Å². The molecule has 4 heteroatoms. The number of nitrogens with two attached hydrogens (primary N) is 1. The van der Waals surface area contributed by atoms with Crippen molar-refractivity contribution in [1.29, 1.82) is 0 Å². The summed E-state index contributed by atoms with van der Waals surface area (Å²) < 4.78 is 0. The number of hydrogen-bond acceptors (Lipinski definition) is 2. The van der Waals surface area contributed by atoms with E-state index in [1.807, 2.05) is 6.08 Å². The molecule has 3 N–H and O–H groups in total. The van der Waals surface area contributed by atoms with Gasteiger partial charge in [0.25, 0.3) is 5.91 Å². The first-order valence-corrected chi connectivity index (χ1v) is 6.03. The SMILES string of the molecule is NC(=O)c1ccccc1NC(=O)[C@H]1CC=CCC1. The molecule has 94 valence electrons. The Hall–Kier alpha value is -2.10. The van der Waals surface area contributed by atoms with Crippen molar-refractivity contribution < 1.29 is 9.59 Å². The van der Waals surface area contributed by atoms with Gasteiger partial charge in [-0.1, -0.05) is 24.3 Å². The molecule has 1 aliphatic rings. The first kappa shape index (κ1) is 12.4. The van der Waals surface area contributed by atoms with Crippen LogP contribution in [-0.2, 0) is 4.79 Å². The van der Waals surface area contributed by atoms with E-state index in [0.29, 0.717) is 11.3 Å². The fourth-order valence-electron chi connectivity index (χ4n) is 2.07. The molecule has 0 unspecified atom stereocenters. The molecule has 2 rings (SSSR count). The summed E-state index contributed by atoms with van der Waals surface area (Å²) in [6.07, 6.45) is 6.63. The van der Waals surface area contributed by atoms with E-state index in [2.05, 4.69) is 11.4 Å². The van der Waals surface area contributed by atoms with E-state index < -0.39 is 5.91 Å². The van der Waals surface area contributed by atoms with Crippen molar-refractivity contribution in [3.8, 4) is 0 Å². The predicted octanol–water partition coefficient (Wildman–Crippen LogP) is 2.08. The highest BCUT2D eigenvalue weighted by atomic mass is 16.2. The van der Waals surface area contributed by atoms with E-state index in [1.54, 1.807) is 24.3 Å². The Morgan fingerprint density at radius 3 is 2.67 bits per heavy atom. The zero-order valence-electron chi connectivity index (χ0n) is 10.1. The molecule has 0 spiro atoms. The van der Waals surface area contributed by atoms with Crippen LogP contribution in [0.25, 0.3) is 0 Å². The third kappa shape index (κ3) is 2.77. The molecule has 0 fully saturated rings. The van der Waals surface area contributed by atoms with Gasteiger partial charge < -0.3 is 11.1 Å². The van der Waals surface area contributed by atoms with Crippen LogP contribution in [0.1, 0.15) is 29.6 Å². The van der Waals surface area contributed by atoms with Crippen LogP contribution in [-0.4, -0.2) is 11.8 Å². The highest BCUT2D eigenvalue weighted by Crippen LogP contribution is 2.21. The third-order valence-electron chi connectivity index (χ3n) is 3.09. The van der Waals surface area contributed by atoms with Gasteiger partial charge in [0.2, 0.25) is 5.91 Å². The lowest BCUT2D eigenvalue weighted by Crippen LogP contribution is -2.25. The zero-order chi connectivity index (χ0) is 13.0. The maximum atomic E-state index is 12.0. The van der Waals surface area contributed by atoms with Gasteiger partial charge in [0.15, 0.2) is 0 Å². The summed E-state index contributed by atoms with van der Waals surface area (Å²) >= 11 is 0. The van der Waals surface area contributed by atoms with E-state index in [0.717, 1.165) is 19.3 Å². The zero-order valence-corrected chi connectivity index (χ0v) is 10.1. The maximum absolute atomic E-state index is 12.0. The number of rotatable bonds is 3. The van der Waals surface area contributed by atoms with Gasteiger partial charge in [-0.2, -0.15) is 0 Å². The number of benzene rings is 1. The van der Waals surface area contributed by atoms with E-state index >= 15 is 0 Å². The number of anilines is 1. The van der Waals surface area contributed by atoms with Gasteiger partial charge in [0, 0.05) is 5.92 Å². The number of nitrogens with one attached hydrogen (secondary N) is 1. The standard InChI is InChI=1S/C14H16N2O2/c15-13(17)11-8-4-5-9-12(11)16-14(18)10-6-2-1-3-7-10/h1-2,4-5,8-10H,3,6-7H2,(H2,15,17)(H,16,18)/t10-/m0/s1. The number of carbonyl (C=O) groups is 2. The van der Waals surface area contributed by atoms with Gasteiger partial charge in [0.05, 0.1) is 11.3 Å². The average Bonchev–Trinajstić information content (AvgIpc) is 2.40. The quantitative estimate of drug-likeness (QED) is 0.799. The van der Waals surface area contributed by atoms with Crippen molar-refractivity contribution in [2.45, 2.75) is 19.3 Å². The summed E-state index contributed by atoms with van der Waals surface area (Å²) in [6, 6.07) is 6.79. The first-order chi connectivity index (χ1) is 8.68. The average molecular weight is 244 g/mol. The molecule has 2 amide bonds. The molecule has 0 saturated heterocycles. The van der Waals surface area contributed by atoms with Crippen molar-refractivity contribution in [3.63, 3.8) is 0 Å². The molecule has 18 heavy (non-hydrogen) atoms. The van der Waals surface area contributed by atoms with E-state index in [-0.39, 0.29) is 11.8 Å². The van der Waals surface area contributed by atoms with Gasteiger partial charge in [-0.25, -0.2) is 0 Å². The van der Waals surface area contributed by atoms with E-state index in [9.17, 15) is 9.59 Å². The van der Waals surface area contributed by atoms with E-state index in [1.165, 1.54) is 0 Å². The smallest absolute Gasteiger partial charge is 0.250 e. The van der Waals surface area contributed by atoms with Gasteiger partial charge in [-0.3, -0.25) is 9.59 Å². The summed E-state index contributed by atoms with van der Waals surface area (Å²) in [6.45, 7) is 0. The molecule has 0 aliphatic heterocycles. The molecule has 0 aromatic heterocycles. The van der Waals surface area contributed by atoms with Crippen LogP contribution in [0.4, 0.5) is 5.69 Å². The number of carbonyl (C=O) groups excluding carboxylic acids is 2. The van der Waals surface area contributed by atoms with Crippen LogP contribution in [0, 0.1) is 5.92 Å². The summed E-state index contributed by atoms with van der Waals surface area (Å²) in [5.41, 5.74) is 6.10. The normalized spacial score (nSPS) is 18.3. The molecule has 1 atom stereocenters. The molecule has 1 aromatic carbocycles. The van der Waals surface area contributed by atoms with Crippen molar-refractivity contribution in [1.82, 2.24) is 0 Å². The number of para-hydroxylation sites is 1. The molecule has 0 radical (unpaired) electrons. The first-order valence-electron chi connectivity index (χ1n) is 6.03. The number of hydrogen-bond donors (Lipinski definition) is 2. The monoisotopic (exact) mass is 244 g/mol. The van der Waals surface area contributed by atoms with Crippen LogP contribution >= 0.6 is 0 Å². The Kier molecular flexibility index (Phi) is 3.77. The Morgan fingerprint density at radius 2 is 2.00 bits per heavy atom. The Bertz CT molecular complexity index is 494. The number of allylic oxidation sites excluding steroid dienone is 2.